The van der Waals surface area contributed by atoms with E-state index < -0.39 is 41.9 Å². The average molecular weight is 679 g/mol. The van der Waals surface area contributed by atoms with Crippen LogP contribution < -0.4 is 20.1 Å². The van der Waals surface area contributed by atoms with Crippen molar-refractivity contribution in [2.24, 2.45) is 5.92 Å². The SMILES string of the molecule is CCC[C@H](NC(=S)[C@@H]1C[C@@H](Oc2cc(-c3ccccc3)nc3cc(OC)ccc23)CN1C(=O)C(NC(=O)OC(C)(C)C)C(C)C)C(=O)O. The number of hydrogen-bond donors (Lipinski definition) is 3. The number of likely N-dealkylation sites (tertiary alicyclic amines) is 1. The Hall–Kier alpha value is -4.45. The molecule has 3 N–H and O–H groups in total. The number of carboxylic acids is 1. The van der Waals surface area contributed by atoms with Crippen molar-refractivity contribution in [3.63, 3.8) is 0 Å². The van der Waals surface area contributed by atoms with Crippen molar-refractivity contribution in [3.05, 3.63) is 54.6 Å². The molecule has 3 aromatic rings. The summed E-state index contributed by atoms with van der Waals surface area (Å²) in [4.78, 5) is 45.7. The quantitative estimate of drug-likeness (QED) is 0.196. The molecule has 2 aromatic carbocycles. The highest BCUT2D eigenvalue weighted by atomic mass is 32.1. The third-order valence-electron chi connectivity index (χ3n) is 7.99. The van der Waals surface area contributed by atoms with Crippen LogP contribution in [0, 0.1) is 5.92 Å². The molecule has 1 fully saturated rings. The van der Waals surface area contributed by atoms with E-state index in [0.717, 1.165) is 10.9 Å². The molecular weight excluding hydrogens is 632 g/mol. The Balaban J connectivity index is 1.70. The van der Waals surface area contributed by atoms with Gasteiger partial charge in [0.25, 0.3) is 0 Å². The molecule has 0 radical (unpaired) electrons. The van der Waals surface area contributed by atoms with Crippen LogP contribution in [0.3, 0.4) is 0 Å². The summed E-state index contributed by atoms with van der Waals surface area (Å²) in [6.07, 6.45) is 0.0662. The van der Waals surface area contributed by atoms with Gasteiger partial charge in [-0.2, -0.15) is 0 Å². The monoisotopic (exact) mass is 678 g/mol. The van der Waals surface area contributed by atoms with Gasteiger partial charge in [-0.25, -0.2) is 14.6 Å². The lowest BCUT2D eigenvalue weighted by molar-refractivity contribution is -0.139. The smallest absolute Gasteiger partial charge is 0.408 e. The predicted octanol–water partition coefficient (Wildman–Crippen LogP) is 5.98. The first-order valence-electron chi connectivity index (χ1n) is 16.2. The number of rotatable bonds is 12. The molecular formula is C36H46N4O7S. The summed E-state index contributed by atoms with van der Waals surface area (Å²) in [5.41, 5.74) is 1.53. The van der Waals surface area contributed by atoms with Crippen LogP contribution in [0.2, 0.25) is 0 Å². The number of aliphatic carboxylic acids is 1. The van der Waals surface area contributed by atoms with Gasteiger partial charge in [-0.05, 0) is 45.2 Å². The highest BCUT2D eigenvalue weighted by Gasteiger charge is 2.43. The van der Waals surface area contributed by atoms with Crippen LogP contribution in [-0.4, -0.2) is 81.4 Å². The summed E-state index contributed by atoms with van der Waals surface area (Å²) >= 11 is 5.78. The van der Waals surface area contributed by atoms with Gasteiger partial charge in [-0.15, -0.1) is 0 Å². The second kappa shape index (κ2) is 15.6. The molecule has 0 saturated carbocycles. The fraction of sp³-hybridized carbons (Fsp3) is 0.472. The summed E-state index contributed by atoms with van der Waals surface area (Å²) < 4.78 is 17.6. The maximum atomic E-state index is 14.2. The van der Waals surface area contributed by atoms with Gasteiger partial charge in [0.15, 0.2) is 0 Å². The zero-order valence-electron chi connectivity index (χ0n) is 28.6. The molecule has 11 nitrogen and oxygen atoms in total. The maximum Gasteiger partial charge on any atom is 0.408 e. The van der Waals surface area contributed by atoms with E-state index in [-0.39, 0.29) is 23.4 Å². The van der Waals surface area contributed by atoms with Gasteiger partial charge in [0, 0.05) is 29.5 Å². The number of carbonyl (C=O) groups is 3. The molecule has 1 saturated heterocycles. The lowest BCUT2D eigenvalue weighted by Gasteiger charge is -2.32. The molecule has 2 amide bonds. The van der Waals surface area contributed by atoms with Gasteiger partial charge < -0.3 is 34.9 Å². The van der Waals surface area contributed by atoms with Crippen molar-refractivity contribution in [3.8, 4) is 22.8 Å². The van der Waals surface area contributed by atoms with E-state index in [1.807, 2.05) is 75.4 Å². The number of fused-ring (bicyclic) bond motifs is 1. The summed E-state index contributed by atoms with van der Waals surface area (Å²) in [5.74, 6) is -0.460. The van der Waals surface area contributed by atoms with E-state index in [9.17, 15) is 19.5 Å². The molecule has 0 bridgehead atoms. The molecule has 1 aromatic heterocycles. The van der Waals surface area contributed by atoms with Crippen LogP contribution >= 0.6 is 12.2 Å². The number of methoxy groups -OCH3 is 1. The lowest BCUT2D eigenvalue weighted by Crippen LogP contribution is -2.56. The fourth-order valence-corrected chi connectivity index (χ4v) is 6.02. The Bertz CT molecular complexity index is 1630. The lowest BCUT2D eigenvalue weighted by atomic mass is 10.0. The number of pyridine rings is 1. The number of benzene rings is 2. The van der Waals surface area contributed by atoms with Crippen LogP contribution in [0.25, 0.3) is 22.2 Å². The van der Waals surface area contributed by atoms with E-state index in [1.165, 1.54) is 0 Å². The maximum absolute atomic E-state index is 14.2. The molecule has 4 atom stereocenters. The highest BCUT2D eigenvalue weighted by Crippen LogP contribution is 2.35. The van der Waals surface area contributed by atoms with Crippen molar-refractivity contribution < 1.29 is 33.7 Å². The van der Waals surface area contributed by atoms with Gasteiger partial charge in [-0.1, -0.05) is 69.7 Å². The van der Waals surface area contributed by atoms with Crippen LogP contribution in [-0.2, 0) is 14.3 Å². The zero-order valence-corrected chi connectivity index (χ0v) is 29.4. The van der Waals surface area contributed by atoms with Crippen LogP contribution in [0.5, 0.6) is 11.5 Å². The Morgan fingerprint density at radius 1 is 1.08 bits per heavy atom. The van der Waals surface area contributed by atoms with E-state index in [4.69, 9.17) is 31.4 Å². The first kappa shape index (κ1) is 36.4. The fourth-order valence-electron chi connectivity index (χ4n) is 5.65. The summed E-state index contributed by atoms with van der Waals surface area (Å²) in [6, 6.07) is 14.7. The number of carboxylic acid groups (broad SMARTS) is 1. The predicted molar refractivity (Wildman–Crippen MR) is 188 cm³/mol. The van der Waals surface area contributed by atoms with Crippen LogP contribution in [0.15, 0.2) is 54.6 Å². The molecule has 1 unspecified atom stereocenters. The number of nitrogens with zero attached hydrogens (tertiary/aromatic N) is 2. The van der Waals surface area contributed by atoms with Crippen molar-refractivity contribution in [1.29, 1.82) is 0 Å². The molecule has 0 spiro atoms. The number of aromatic nitrogens is 1. The first-order valence-corrected chi connectivity index (χ1v) is 16.7. The number of ether oxygens (including phenoxy) is 3. The third kappa shape index (κ3) is 9.12. The van der Waals surface area contributed by atoms with Gasteiger partial charge in [0.1, 0.15) is 35.3 Å². The van der Waals surface area contributed by atoms with E-state index in [1.54, 1.807) is 32.8 Å². The van der Waals surface area contributed by atoms with E-state index in [2.05, 4.69) is 10.6 Å². The van der Waals surface area contributed by atoms with Crippen molar-refractivity contribution in [2.75, 3.05) is 13.7 Å². The van der Waals surface area contributed by atoms with Gasteiger partial charge in [0.2, 0.25) is 5.91 Å². The molecule has 4 rings (SSSR count). The van der Waals surface area contributed by atoms with Crippen molar-refractivity contribution >= 4 is 46.1 Å². The van der Waals surface area contributed by atoms with Gasteiger partial charge >= 0.3 is 12.1 Å². The number of nitrogens with one attached hydrogen (secondary N) is 2. The molecule has 2 heterocycles. The van der Waals surface area contributed by atoms with Gasteiger partial charge in [-0.3, -0.25) is 4.79 Å². The Morgan fingerprint density at radius 3 is 2.40 bits per heavy atom. The van der Waals surface area contributed by atoms with Crippen LogP contribution in [0.4, 0.5) is 4.79 Å². The average Bonchev–Trinajstić information content (AvgIpc) is 3.46. The number of thiocarbonyl (C=S) groups is 1. The third-order valence-corrected chi connectivity index (χ3v) is 8.38. The molecule has 12 heteroatoms. The molecule has 1 aliphatic heterocycles. The topological polar surface area (TPSA) is 139 Å². The summed E-state index contributed by atoms with van der Waals surface area (Å²) in [6.45, 7) is 11.0. The van der Waals surface area contributed by atoms with E-state index >= 15 is 0 Å². The van der Waals surface area contributed by atoms with Crippen molar-refractivity contribution in [1.82, 2.24) is 20.5 Å². The normalized spacial score (nSPS) is 17.5. The standard InChI is InChI=1S/C36H46N4O7S/c1-8-12-26(34(42)43)38-32(48)29-18-24(20-40(29)33(41)31(21(2)3)39-35(44)47-36(4,5)6)46-30-19-27(22-13-10-9-11-14-22)37-28-17-23(45-7)15-16-25(28)30/h9-11,13-17,19,21,24,26,29,31H,8,12,18,20H2,1-7H3,(H,38,48)(H,39,44)(H,42,43)/t24-,26+,29+,31?/m1/s1. The Labute approximate surface area is 287 Å². The molecule has 258 valence electrons. The van der Waals surface area contributed by atoms with Crippen molar-refractivity contribution in [2.45, 2.75) is 90.6 Å². The Morgan fingerprint density at radius 2 is 1.79 bits per heavy atom. The Kier molecular flexibility index (Phi) is 11.9. The highest BCUT2D eigenvalue weighted by molar-refractivity contribution is 7.80. The number of amides is 2. The van der Waals surface area contributed by atoms with Crippen LogP contribution in [0.1, 0.15) is 60.8 Å². The van der Waals surface area contributed by atoms with E-state index in [0.29, 0.717) is 42.0 Å². The number of hydrogen-bond acceptors (Lipinski definition) is 8. The minimum atomic E-state index is -1.03. The summed E-state index contributed by atoms with van der Waals surface area (Å²) in [7, 11) is 1.60. The van der Waals surface area contributed by atoms with Gasteiger partial charge in [0.05, 0.1) is 35.9 Å². The molecule has 0 aliphatic carbocycles. The zero-order chi connectivity index (χ0) is 35.2. The largest absolute Gasteiger partial charge is 0.497 e. The molecule has 1 aliphatic rings. The first-order chi connectivity index (χ1) is 22.7. The number of carbonyl (C=O) groups excluding carboxylic acids is 2. The number of alkyl carbamates (subject to hydrolysis) is 1. The second-order valence-electron chi connectivity index (χ2n) is 13.3. The minimum absolute atomic E-state index is 0.149. The summed E-state index contributed by atoms with van der Waals surface area (Å²) in [5, 5.41) is 16.3. The molecule has 48 heavy (non-hydrogen) atoms. The minimum Gasteiger partial charge on any atom is -0.497 e. The second-order valence-corrected chi connectivity index (χ2v) is 13.7.